The molecule has 0 saturated heterocycles. The molecule has 1 aliphatic rings. The van der Waals surface area contributed by atoms with E-state index in [2.05, 4.69) is 13.8 Å². The molecule has 0 aromatic carbocycles. The minimum absolute atomic E-state index is 0.0419. The molecule has 3 N–H and O–H groups in total. The number of hydrogen-bond donors (Lipinski definition) is 2. The van der Waals surface area contributed by atoms with Crippen molar-refractivity contribution >= 4 is 0 Å². The van der Waals surface area contributed by atoms with Crippen molar-refractivity contribution in [2.75, 3.05) is 6.54 Å². The van der Waals surface area contributed by atoms with Crippen LogP contribution in [-0.4, -0.2) is 17.8 Å². The molecule has 1 fully saturated rings. The molecule has 96 valence electrons. The molecule has 1 aliphatic carbocycles. The van der Waals surface area contributed by atoms with Gasteiger partial charge in [0.05, 0.1) is 6.10 Å². The Kier molecular flexibility index (Phi) is 5.77. The quantitative estimate of drug-likeness (QED) is 0.685. The molecule has 0 spiro atoms. The van der Waals surface area contributed by atoms with E-state index >= 15 is 0 Å². The molecule has 1 saturated carbocycles. The van der Waals surface area contributed by atoms with Crippen LogP contribution in [0, 0.1) is 11.3 Å². The van der Waals surface area contributed by atoms with Gasteiger partial charge in [0.15, 0.2) is 0 Å². The molecule has 0 aliphatic heterocycles. The number of aliphatic hydroxyl groups is 1. The van der Waals surface area contributed by atoms with Crippen LogP contribution in [0.2, 0.25) is 0 Å². The van der Waals surface area contributed by atoms with Crippen LogP contribution < -0.4 is 5.73 Å². The molecule has 1 unspecified atom stereocenters. The fourth-order valence-corrected chi connectivity index (χ4v) is 2.90. The van der Waals surface area contributed by atoms with Crippen molar-refractivity contribution in [3.8, 4) is 0 Å². The second-order valence-electron chi connectivity index (χ2n) is 5.76. The first-order chi connectivity index (χ1) is 7.64. The molecule has 2 nitrogen and oxygen atoms in total. The predicted octanol–water partition coefficient (Wildman–Crippen LogP) is 3.08. The lowest BCUT2D eigenvalue weighted by Crippen LogP contribution is -2.44. The first-order valence-electron chi connectivity index (χ1n) is 7.02. The molecule has 16 heavy (non-hydrogen) atoms. The van der Waals surface area contributed by atoms with Crippen LogP contribution in [0.15, 0.2) is 0 Å². The second-order valence-corrected chi connectivity index (χ2v) is 5.76. The third kappa shape index (κ3) is 3.46. The topological polar surface area (TPSA) is 46.2 Å². The number of nitrogens with two attached hydrogens (primary N) is 1. The molecule has 0 amide bonds. The van der Waals surface area contributed by atoms with E-state index in [1.807, 2.05) is 0 Å². The fraction of sp³-hybridized carbons (Fsp3) is 1.00. The molecule has 0 aromatic heterocycles. The Morgan fingerprint density at radius 3 is 2.44 bits per heavy atom. The van der Waals surface area contributed by atoms with Gasteiger partial charge in [-0.05, 0) is 25.2 Å². The lowest BCUT2D eigenvalue weighted by Gasteiger charge is -2.42. The average Bonchev–Trinajstić information content (AvgIpc) is 2.31. The fourth-order valence-electron chi connectivity index (χ4n) is 2.90. The zero-order valence-corrected chi connectivity index (χ0v) is 11.0. The molecule has 0 aromatic rings. The SMILES string of the molecule is CCCCCC(O)C1(CN)CCC(C)CC1. The Morgan fingerprint density at radius 1 is 1.31 bits per heavy atom. The first-order valence-corrected chi connectivity index (χ1v) is 7.02. The summed E-state index contributed by atoms with van der Waals surface area (Å²) in [5, 5.41) is 10.4. The summed E-state index contributed by atoms with van der Waals surface area (Å²) in [6.07, 6.45) is 9.10. The van der Waals surface area contributed by atoms with Crippen LogP contribution in [0.25, 0.3) is 0 Å². The Balaban J connectivity index is 2.44. The van der Waals surface area contributed by atoms with E-state index in [1.165, 1.54) is 25.7 Å². The van der Waals surface area contributed by atoms with Crippen molar-refractivity contribution in [2.45, 2.75) is 71.3 Å². The summed E-state index contributed by atoms with van der Waals surface area (Å²) >= 11 is 0. The Hall–Kier alpha value is -0.0800. The average molecular weight is 227 g/mol. The molecular weight excluding hydrogens is 198 g/mol. The summed E-state index contributed by atoms with van der Waals surface area (Å²) in [6.45, 7) is 5.17. The Bertz CT molecular complexity index is 185. The third-order valence-electron chi connectivity index (χ3n) is 4.46. The van der Waals surface area contributed by atoms with Crippen molar-refractivity contribution in [3.05, 3.63) is 0 Å². The van der Waals surface area contributed by atoms with Gasteiger partial charge in [-0.25, -0.2) is 0 Å². The summed E-state index contributed by atoms with van der Waals surface area (Å²) in [5.74, 6) is 0.822. The highest BCUT2D eigenvalue weighted by Crippen LogP contribution is 2.42. The number of rotatable bonds is 6. The van der Waals surface area contributed by atoms with Gasteiger partial charge in [-0.3, -0.25) is 0 Å². The second kappa shape index (κ2) is 6.61. The number of hydrogen-bond acceptors (Lipinski definition) is 2. The van der Waals surface area contributed by atoms with Gasteiger partial charge in [0, 0.05) is 12.0 Å². The van der Waals surface area contributed by atoms with E-state index in [-0.39, 0.29) is 11.5 Å². The van der Waals surface area contributed by atoms with Gasteiger partial charge in [0.1, 0.15) is 0 Å². The zero-order chi connectivity index (χ0) is 12.0. The smallest absolute Gasteiger partial charge is 0.0608 e. The van der Waals surface area contributed by atoms with E-state index < -0.39 is 0 Å². The Morgan fingerprint density at radius 2 is 1.94 bits per heavy atom. The van der Waals surface area contributed by atoms with Crippen molar-refractivity contribution in [3.63, 3.8) is 0 Å². The monoisotopic (exact) mass is 227 g/mol. The van der Waals surface area contributed by atoms with Crippen molar-refractivity contribution < 1.29 is 5.11 Å². The minimum Gasteiger partial charge on any atom is -0.393 e. The van der Waals surface area contributed by atoms with E-state index in [0.717, 1.165) is 31.6 Å². The molecule has 2 heteroatoms. The molecule has 0 radical (unpaired) electrons. The van der Waals surface area contributed by atoms with Crippen molar-refractivity contribution in [2.24, 2.45) is 17.1 Å². The lowest BCUT2D eigenvalue weighted by molar-refractivity contribution is -0.0126. The maximum Gasteiger partial charge on any atom is 0.0608 e. The highest BCUT2D eigenvalue weighted by atomic mass is 16.3. The Labute approximate surface area is 101 Å². The van der Waals surface area contributed by atoms with E-state index in [1.54, 1.807) is 0 Å². The highest BCUT2D eigenvalue weighted by molar-refractivity contribution is 4.91. The molecular formula is C14H29NO. The van der Waals surface area contributed by atoms with E-state index in [0.29, 0.717) is 6.54 Å². The summed E-state index contributed by atoms with van der Waals surface area (Å²) in [7, 11) is 0. The zero-order valence-electron chi connectivity index (χ0n) is 11.0. The van der Waals surface area contributed by atoms with Gasteiger partial charge in [0.2, 0.25) is 0 Å². The minimum atomic E-state index is -0.170. The van der Waals surface area contributed by atoms with Gasteiger partial charge in [0.25, 0.3) is 0 Å². The summed E-state index contributed by atoms with van der Waals surface area (Å²) in [4.78, 5) is 0. The maximum atomic E-state index is 10.4. The van der Waals surface area contributed by atoms with E-state index in [4.69, 9.17) is 5.73 Å². The van der Waals surface area contributed by atoms with E-state index in [9.17, 15) is 5.11 Å². The van der Waals surface area contributed by atoms with Gasteiger partial charge in [-0.15, -0.1) is 0 Å². The number of aliphatic hydroxyl groups excluding tert-OH is 1. The molecule has 1 rings (SSSR count). The van der Waals surface area contributed by atoms with Crippen LogP contribution in [-0.2, 0) is 0 Å². The van der Waals surface area contributed by atoms with Crippen LogP contribution in [0.5, 0.6) is 0 Å². The summed E-state index contributed by atoms with van der Waals surface area (Å²) in [5.41, 5.74) is 5.97. The van der Waals surface area contributed by atoms with Crippen LogP contribution in [0.1, 0.15) is 65.2 Å². The van der Waals surface area contributed by atoms with Gasteiger partial charge in [-0.2, -0.15) is 0 Å². The highest BCUT2D eigenvalue weighted by Gasteiger charge is 2.38. The first kappa shape index (κ1) is 14.0. The van der Waals surface area contributed by atoms with Crippen molar-refractivity contribution in [1.82, 2.24) is 0 Å². The van der Waals surface area contributed by atoms with Crippen molar-refractivity contribution in [1.29, 1.82) is 0 Å². The normalized spacial score (nSPS) is 32.6. The van der Waals surface area contributed by atoms with Gasteiger partial charge < -0.3 is 10.8 Å². The van der Waals surface area contributed by atoms with Gasteiger partial charge in [-0.1, -0.05) is 46.0 Å². The van der Waals surface area contributed by atoms with Gasteiger partial charge >= 0.3 is 0 Å². The molecule has 0 heterocycles. The standard InChI is InChI=1S/C14H29NO/c1-3-4-5-6-13(16)14(11-15)9-7-12(2)8-10-14/h12-13,16H,3-11,15H2,1-2H3. The molecule has 0 bridgehead atoms. The lowest BCUT2D eigenvalue weighted by atomic mass is 9.66. The van der Waals surface area contributed by atoms with Crippen LogP contribution in [0.4, 0.5) is 0 Å². The predicted molar refractivity (Wildman–Crippen MR) is 69.3 cm³/mol. The molecule has 1 atom stereocenters. The third-order valence-corrected chi connectivity index (χ3v) is 4.46. The van der Waals surface area contributed by atoms with Crippen LogP contribution in [0.3, 0.4) is 0 Å². The number of unbranched alkanes of at least 4 members (excludes halogenated alkanes) is 2. The summed E-state index contributed by atoms with van der Waals surface area (Å²) < 4.78 is 0. The largest absolute Gasteiger partial charge is 0.393 e. The summed E-state index contributed by atoms with van der Waals surface area (Å²) in [6, 6.07) is 0. The maximum absolute atomic E-state index is 10.4. The van der Waals surface area contributed by atoms with Crippen LogP contribution >= 0.6 is 0 Å².